The third kappa shape index (κ3) is 3.78. The molecule has 1 aromatic heterocycles. The van der Waals surface area contributed by atoms with Gasteiger partial charge in [-0.3, -0.25) is 9.59 Å². The number of fused-ring (bicyclic) bond motifs is 2. The van der Waals surface area contributed by atoms with Gasteiger partial charge in [-0.2, -0.15) is 0 Å². The van der Waals surface area contributed by atoms with Gasteiger partial charge in [0.1, 0.15) is 5.82 Å². The molecule has 31 heavy (non-hydrogen) atoms. The molecule has 0 unspecified atom stereocenters. The maximum atomic E-state index is 13.7. The first-order chi connectivity index (χ1) is 15.1. The van der Waals surface area contributed by atoms with E-state index in [1.165, 1.54) is 0 Å². The molecule has 2 fully saturated rings. The lowest BCUT2D eigenvalue weighted by molar-refractivity contribution is -0.124. The van der Waals surface area contributed by atoms with Crippen molar-refractivity contribution in [1.29, 1.82) is 0 Å². The van der Waals surface area contributed by atoms with Crippen LogP contribution in [0.5, 0.6) is 0 Å². The third-order valence-corrected chi connectivity index (χ3v) is 6.75. The monoisotopic (exact) mass is 420 g/mol. The zero-order valence-corrected chi connectivity index (χ0v) is 17.8. The highest BCUT2D eigenvalue weighted by molar-refractivity contribution is 6.02. The number of methoxy groups -OCH3 is 1. The van der Waals surface area contributed by atoms with E-state index < -0.39 is 0 Å². The maximum absolute atomic E-state index is 13.7. The van der Waals surface area contributed by atoms with Gasteiger partial charge in [-0.05, 0) is 56.4 Å². The molecule has 7 nitrogen and oxygen atoms in total. The van der Waals surface area contributed by atoms with Gasteiger partial charge < -0.3 is 19.9 Å². The highest BCUT2D eigenvalue weighted by Crippen LogP contribution is 2.40. The van der Waals surface area contributed by atoms with Crippen molar-refractivity contribution in [2.75, 3.05) is 28.8 Å². The summed E-state index contributed by atoms with van der Waals surface area (Å²) in [5.74, 6) is 1.03. The number of ether oxygens (including phenoxy) is 1. The van der Waals surface area contributed by atoms with Crippen molar-refractivity contribution in [2.45, 2.75) is 51.2 Å². The van der Waals surface area contributed by atoms with E-state index in [1.807, 2.05) is 40.1 Å². The molecule has 2 aromatic rings. The predicted molar refractivity (Wildman–Crippen MR) is 119 cm³/mol. The van der Waals surface area contributed by atoms with Crippen molar-refractivity contribution in [2.24, 2.45) is 5.92 Å². The van der Waals surface area contributed by atoms with Crippen LogP contribution in [0.4, 0.5) is 22.9 Å². The van der Waals surface area contributed by atoms with Crippen molar-refractivity contribution >= 4 is 34.7 Å². The van der Waals surface area contributed by atoms with Gasteiger partial charge in [0.2, 0.25) is 11.8 Å². The number of rotatable bonds is 3. The Morgan fingerprint density at radius 3 is 2.77 bits per heavy atom. The summed E-state index contributed by atoms with van der Waals surface area (Å²) in [6.45, 7) is 1.19. The highest BCUT2D eigenvalue weighted by Gasteiger charge is 2.33. The zero-order valence-electron chi connectivity index (χ0n) is 17.8. The van der Waals surface area contributed by atoms with Crippen molar-refractivity contribution in [3.05, 3.63) is 42.1 Å². The van der Waals surface area contributed by atoms with Crippen LogP contribution in [0.3, 0.4) is 0 Å². The van der Waals surface area contributed by atoms with Crippen LogP contribution < -0.4 is 15.1 Å². The van der Waals surface area contributed by atoms with E-state index >= 15 is 0 Å². The van der Waals surface area contributed by atoms with Crippen LogP contribution in [0.2, 0.25) is 0 Å². The summed E-state index contributed by atoms with van der Waals surface area (Å²) in [5, 5.41) is 3.41. The molecule has 1 N–H and O–H groups in total. The third-order valence-electron chi connectivity index (χ3n) is 6.75. The number of anilines is 4. The lowest BCUT2D eigenvalue weighted by Gasteiger charge is -2.32. The maximum Gasteiger partial charge on any atom is 0.230 e. The van der Waals surface area contributed by atoms with E-state index in [1.54, 1.807) is 13.3 Å². The Kier molecular flexibility index (Phi) is 5.36. The predicted octanol–water partition coefficient (Wildman–Crippen LogP) is 4.00. The van der Waals surface area contributed by atoms with Crippen LogP contribution in [0.25, 0.3) is 0 Å². The highest BCUT2D eigenvalue weighted by atomic mass is 16.5. The molecule has 7 heteroatoms. The molecule has 162 valence electrons. The van der Waals surface area contributed by atoms with E-state index in [0.717, 1.165) is 67.1 Å². The normalized spacial score (nSPS) is 23.1. The molecule has 1 saturated heterocycles. The van der Waals surface area contributed by atoms with E-state index in [0.29, 0.717) is 13.0 Å². The summed E-state index contributed by atoms with van der Waals surface area (Å²) in [6.07, 6.45) is 6.94. The molecule has 2 amide bonds. The number of carbonyl (C=O) groups is 2. The second-order valence-electron chi connectivity index (χ2n) is 8.62. The Hall–Kier alpha value is -2.93. The topological polar surface area (TPSA) is 74.8 Å². The molecule has 0 atom stereocenters. The van der Waals surface area contributed by atoms with Crippen LogP contribution in [-0.2, 0) is 20.9 Å². The molecule has 5 rings (SSSR count). The van der Waals surface area contributed by atoms with Crippen LogP contribution in [-0.4, -0.2) is 36.6 Å². The van der Waals surface area contributed by atoms with Gasteiger partial charge in [-0.25, -0.2) is 4.98 Å². The molecule has 0 spiro atoms. The minimum atomic E-state index is -0.0189. The lowest BCUT2D eigenvalue weighted by atomic mass is 9.86. The van der Waals surface area contributed by atoms with Gasteiger partial charge in [0, 0.05) is 43.4 Å². The second kappa shape index (κ2) is 8.30. The zero-order chi connectivity index (χ0) is 21.4. The molecule has 1 aromatic carbocycles. The van der Waals surface area contributed by atoms with Crippen molar-refractivity contribution in [3.63, 3.8) is 0 Å². The molecule has 2 aliphatic heterocycles. The van der Waals surface area contributed by atoms with Crippen molar-refractivity contribution in [3.8, 4) is 0 Å². The number of amides is 2. The Balaban J connectivity index is 1.51. The first kappa shape index (κ1) is 20.0. The summed E-state index contributed by atoms with van der Waals surface area (Å²) in [7, 11) is 1.74. The van der Waals surface area contributed by atoms with Gasteiger partial charge in [-0.15, -0.1) is 0 Å². The fraction of sp³-hybridized carbons (Fsp3) is 0.458. The standard InChI is InChI=1S/C24H28N4O3/c1-31-19-9-6-16(7-10-19)24(30)28-15-17-4-2-12-25-23(17)26-20-11-8-18(14-21(20)28)27-13-3-5-22(27)29/h2,4,8,11-12,14,16,19H,3,5-7,9-10,13,15H2,1H3,(H,25,26). The molecular formula is C24H28N4O3. The number of aromatic nitrogens is 1. The molecule has 1 saturated carbocycles. The Morgan fingerprint density at radius 1 is 1.19 bits per heavy atom. The van der Waals surface area contributed by atoms with Crippen LogP contribution in [0.15, 0.2) is 36.5 Å². The number of carbonyl (C=O) groups excluding carboxylic acids is 2. The van der Waals surface area contributed by atoms with E-state index in [9.17, 15) is 9.59 Å². The second-order valence-corrected chi connectivity index (χ2v) is 8.62. The minimum Gasteiger partial charge on any atom is -0.381 e. The summed E-state index contributed by atoms with van der Waals surface area (Å²) in [6, 6.07) is 9.80. The number of nitrogens with zero attached hydrogens (tertiary/aromatic N) is 3. The average Bonchev–Trinajstić information content (AvgIpc) is 3.16. The fourth-order valence-electron chi connectivity index (χ4n) is 4.96. The van der Waals surface area contributed by atoms with Gasteiger partial charge >= 0.3 is 0 Å². The van der Waals surface area contributed by atoms with E-state index in [2.05, 4.69) is 10.3 Å². The molecule has 3 heterocycles. The summed E-state index contributed by atoms with van der Waals surface area (Å²) in [4.78, 5) is 34.2. The molecule has 3 aliphatic rings. The molecule has 0 bridgehead atoms. The number of pyridine rings is 1. The Bertz CT molecular complexity index is 1000. The number of benzene rings is 1. The summed E-state index contributed by atoms with van der Waals surface area (Å²) < 4.78 is 5.49. The minimum absolute atomic E-state index is 0.0189. The number of hydrogen-bond donors (Lipinski definition) is 1. The smallest absolute Gasteiger partial charge is 0.230 e. The van der Waals surface area contributed by atoms with E-state index in [-0.39, 0.29) is 23.8 Å². The average molecular weight is 421 g/mol. The molecule has 1 aliphatic carbocycles. The van der Waals surface area contributed by atoms with Gasteiger partial charge in [0.15, 0.2) is 0 Å². The first-order valence-corrected chi connectivity index (χ1v) is 11.1. The lowest BCUT2D eigenvalue weighted by Crippen LogP contribution is -2.38. The molecular weight excluding hydrogens is 392 g/mol. The SMILES string of the molecule is COC1CCC(C(=O)N2Cc3cccnc3Nc3ccc(N4CCCC4=O)cc32)CC1. The van der Waals surface area contributed by atoms with Crippen LogP contribution in [0.1, 0.15) is 44.1 Å². The summed E-state index contributed by atoms with van der Waals surface area (Å²) in [5.41, 5.74) is 3.49. The van der Waals surface area contributed by atoms with Crippen LogP contribution >= 0.6 is 0 Å². The van der Waals surface area contributed by atoms with Crippen LogP contribution in [0, 0.1) is 5.92 Å². The number of hydrogen-bond acceptors (Lipinski definition) is 5. The fourth-order valence-corrected chi connectivity index (χ4v) is 4.96. The largest absolute Gasteiger partial charge is 0.381 e. The van der Waals surface area contributed by atoms with Gasteiger partial charge in [-0.1, -0.05) is 6.07 Å². The van der Waals surface area contributed by atoms with Gasteiger partial charge in [0.05, 0.1) is 24.0 Å². The van der Waals surface area contributed by atoms with Crippen molar-refractivity contribution < 1.29 is 14.3 Å². The first-order valence-electron chi connectivity index (χ1n) is 11.1. The Morgan fingerprint density at radius 2 is 2.03 bits per heavy atom. The van der Waals surface area contributed by atoms with Gasteiger partial charge in [0.25, 0.3) is 0 Å². The Labute approximate surface area is 182 Å². The summed E-state index contributed by atoms with van der Waals surface area (Å²) >= 11 is 0. The number of nitrogens with one attached hydrogen (secondary N) is 1. The molecule has 0 radical (unpaired) electrons. The van der Waals surface area contributed by atoms with E-state index in [4.69, 9.17) is 4.74 Å². The van der Waals surface area contributed by atoms with Crippen molar-refractivity contribution in [1.82, 2.24) is 4.98 Å². The quantitative estimate of drug-likeness (QED) is 0.812.